The molecule has 0 heterocycles. The van der Waals surface area contributed by atoms with Crippen molar-refractivity contribution in [2.45, 2.75) is 30.6 Å². The van der Waals surface area contributed by atoms with Gasteiger partial charge in [-0.3, -0.25) is 0 Å². The number of hydrogen-bond donors (Lipinski definition) is 0. The van der Waals surface area contributed by atoms with Crippen LogP contribution in [0.2, 0.25) is 0 Å². The van der Waals surface area contributed by atoms with Crippen molar-refractivity contribution in [1.29, 1.82) is 0 Å². The summed E-state index contributed by atoms with van der Waals surface area (Å²) in [6, 6.07) is 0. The van der Waals surface area contributed by atoms with E-state index in [9.17, 15) is 0 Å². The Bertz CT molecular complexity index is 548. The molecule has 0 spiro atoms. The third-order valence-corrected chi connectivity index (χ3v) is 4.66. The summed E-state index contributed by atoms with van der Waals surface area (Å²) in [6.45, 7) is 6.74. The second-order valence-electron chi connectivity index (χ2n) is 6.36. The summed E-state index contributed by atoms with van der Waals surface area (Å²) in [7, 11) is 0. The predicted octanol–water partition coefficient (Wildman–Crippen LogP) is 5.46. The van der Waals surface area contributed by atoms with E-state index in [0.29, 0.717) is 0 Å². The fraction of sp³-hybridized carbons (Fsp3) is 0.333. The number of allylic oxidation sites excluding steroid dienone is 12. The topological polar surface area (TPSA) is 0 Å². The van der Waals surface area contributed by atoms with Gasteiger partial charge in [-0.2, -0.15) is 0 Å². The van der Waals surface area contributed by atoms with E-state index in [1.807, 2.05) is 0 Å². The van der Waals surface area contributed by atoms with E-state index in [1.165, 1.54) is 22.3 Å². The lowest BCUT2D eigenvalue weighted by Crippen LogP contribution is -2.05. The SMILES string of the molecule is CC1(C)C=CC2=C(C=C1)C1=C(C=CC(C)(I)C=C1)C2. The molecule has 0 amide bonds. The Hall–Kier alpha value is -0.830. The molecular formula is C18H19I. The van der Waals surface area contributed by atoms with Crippen LogP contribution in [0.4, 0.5) is 0 Å². The summed E-state index contributed by atoms with van der Waals surface area (Å²) in [5.74, 6) is 0. The monoisotopic (exact) mass is 362 g/mol. The molecule has 0 aromatic rings. The van der Waals surface area contributed by atoms with Gasteiger partial charge in [-0.15, -0.1) is 0 Å². The van der Waals surface area contributed by atoms with Crippen LogP contribution in [0.25, 0.3) is 0 Å². The maximum absolute atomic E-state index is 2.49. The quantitative estimate of drug-likeness (QED) is 0.397. The van der Waals surface area contributed by atoms with Crippen LogP contribution in [-0.2, 0) is 0 Å². The van der Waals surface area contributed by atoms with Gasteiger partial charge in [-0.05, 0) is 35.6 Å². The van der Waals surface area contributed by atoms with E-state index in [2.05, 4.69) is 92.0 Å². The molecule has 19 heavy (non-hydrogen) atoms. The molecule has 0 saturated heterocycles. The van der Waals surface area contributed by atoms with Crippen LogP contribution in [0.1, 0.15) is 27.2 Å². The van der Waals surface area contributed by atoms with E-state index in [1.54, 1.807) is 0 Å². The summed E-state index contributed by atoms with van der Waals surface area (Å²) in [5, 5.41) is 0. The van der Waals surface area contributed by atoms with Crippen molar-refractivity contribution in [3.8, 4) is 0 Å². The zero-order chi connectivity index (χ0) is 13.7. The molecular weight excluding hydrogens is 343 g/mol. The predicted molar refractivity (Wildman–Crippen MR) is 91.4 cm³/mol. The summed E-state index contributed by atoms with van der Waals surface area (Å²) < 4.78 is 0.131. The Kier molecular flexibility index (Phi) is 3.01. The Labute approximate surface area is 129 Å². The molecule has 98 valence electrons. The van der Waals surface area contributed by atoms with E-state index in [0.717, 1.165) is 6.42 Å². The van der Waals surface area contributed by atoms with E-state index in [-0.39, 0.29) is 8.84 Å². The van der Waals surface area contributed by atoms with Crippen molar-refractivity contribution < 1.29 is 0 Å². The Morgan fingerprint density at radius 1 is 0.789 bits per heavy atom. The molecule has 0 aromatic carbocycles. The number of fused-ring (bicyclic) bond motifs is 1. The van der Waals surface area contributed by atoms with Crippen molar-refractivity contribution in [1.82, 2.24) is 0 Å². The molecule has 0 bridgehead atoms. The van der Waals surface area contributed by atoms with Gasteiger partial charge >= 0.3 is 0 Å². The molecule has 0 aromatic heterocycles. The normalized spacial score (nSPS) is 31.4. The smallest absolute Gasteiger partial charge is 0.0558 e. The van der Waals surface area contributed by atoms with E-state index < -0.39 is 0 Å². The molecule has 0 saturated carbocycles. The molecule has 0 radical (unpaired) electrons. The van der Waals surface area contributed by atoms with Crippen LogP contribution in [-0.4, -0.2) is 3.42 Å². The van der Waals surface area contributed by atoms with Gasteiger partial charge in [0.1, 0.15) is 0 Å². The first-order chi connectivity index (χ1) is 8.86. The first-order valence-corrected chi connectivity index (χ1v) is 7.87. The van der Waals surface area contributed by atoms with Crippen molar-refractivity contribution in [2.24, 2.45) is 5.41 Å². The second kappa shape index (κ2) is 4.34. The molecule has 0 aliphatic heterocycles. The van der Waals surface area contributed by atoms with Gasteiger partial charge in [-0.25, -0.2) is 0 Å². The van der Waals surface area contributed by atoms with Crippen LogP contribution in [0, 0.1) is 5.41 Å². The molecule has 1 unspecified atom stereocenters. The zero-order valence-electron chi connectivity index (χ0n) is 11.7. The molecule has 1 heteroatoms. The summed E-state index contributed by atoms with van der Waals surface area (Å²) >= 11 is 2.49. The molecule has 3 aliphatic rings. The molecule has 3 aliphatic carbocycles. The standard InChI is InChI=1S/C18H19I/c1-17(2)8-4-13-12-14-5-10-18(3,19)11-7-16(14)15(13)6-9-17/h4-11H,12H2,1-3H3. The van der Waals surface area contributed by atoms with Gasteiger partial charge in [0.15, 0.2) is 0 Å². The Balaban J connectivity index is 2.04. The minimum absolute atomic E-state index is 0.131. The zero-order valence-corrected chi connectivity index (χ0v) is 13.9. The van der Waals surface area contributed by atoms with Gasteiger partial charge in [0.05, 0.1) is 3.42 Å². The van der Waals surface area contributed by atoms with Crippen molar-refractivity contribution in [3.63, 3.8) is 0 Å². The van der Waals surface area contributed by atoms with Crippen molar-refractivity contribution >= 4 is 22.6 Å². The van der Waals surface area contributed by atoms with Crippen LogP contribution in [0.3, 0.4) is 0 Å². The summed E-state index contributed by atoms with van der Waals surface area (Å²) in [4.78, 5) is 0. The van der Waals surface area contributed by atoms with E-state index >= 15 is 0 Å². The van der Waals surface area contributed by atoms with Crippen molar-refractivity contribution in [2.75, 3.05) is 0 Å². The minimum atomic E-state index is 0.131. The van der Waals surface area contributed by atoms with Crippen LogP contribution in [0.15, 0.2) is 70.9 Å². The third-order valence-electron chi connectivity index (χ3n) is 3.94. The van der Waals surface area contributed by atoms with Crippen LogP contribution >= 0.6 is 22.6 Å². The minimum Gasteiger partial charge on any atom is -0.0748 e. The van der Waals surface area contributed by atoms with Crippen LogP contribution < -0.4 is 0 Å². The number of alkyl halides is 1. The first-order valence-electron chi connectivity index (χ1n) is 6.79. The van der Waals surface area contributed by atoms with Gasteiger partial charge in [-0.1, -0.05) is 85.0 Å². The largest absolute Gasteiger partial charge is 0.0748 e. The number of halogens is 1. The highest BCUT2D eigenvalue weighted by atomic mass is 127. The van der Waals surface area contributed by atoms with Gasteiger partial charge in [0, 0.05) is 5.41 Å². The highest BCUT2D eigenvalue weighted by molar-refractivity contribution is 14.1. The number of rotatable bonds is 0. The fourth-order valence-corrected chi connectivity index (χ4v) is 3.03. The molecule has 0 nitrogen and oxygen atoms in total. The van der Waals surface area contributed by atoms with Gasteiger partial charge in [0.2, 0.25) is 0 Å². The van der Waals surface area contributed by atoms with Crippen LogP contribution in [0.5, 0.6) is 0 Å². The first kappa shape index (κ1) is 13.2. The Morgan fingerprint density at radius 2 is 1.26 bits per heavy atom. The number of hydrogen-bond acceptors (Lipinski definition) is 0. The maximum atomic E-state index is 2.49. The molecule has 0 fully saturated rings. The van der Waals surface area contributed by atoms with E-state index in [4.69, 9.17) is 0 Å². The van der Waals surface area contributed by atoms with Crippen molar-refractivity contribution in [3.05, 3.63) is 70.9 Å². The lowest BCUT2D eigenvalue weighted by Gasteiger charge is -2.13. The Morgan fingerprint density at radius 3 is 1.95 bits per heavy atom. The average molecular weight is 362 g/mol. The highest BCUT2D eigenvalue weighted by Gasteiger charge is 2.25. The maximum Gasteiger partial charge on any atom is 0.0558 e. The average Bonchev–Trinajstić information content (AvgIpc) is 2.49. The molecule has 1 atom stereocenters. The van der Waals surface area contributed by atoms with Gasteiger partial charge in [0.25, 0.3) is 0 Å². The molecule has 3 rings (SSSR count). The van der Waals surface area contributed by atoms with Gasteiger partial charge < -0.3 is 0 Å². The highest BCUT2D eigenvalue weighted by Crippen LogP contribution is 2.41. The molecule has 0 N–H and O–H groups in total. The second-order valence-corrected chi connectivity index (χ2v) is 8.68. The summed E-state index contributed by atoms with van der Waals surface area (Å²) in [5.41, 5.74) is 5.89. The third kappa shape index (κ3) is 2.58. The lowest BCUT2D eigenvalue weighted by molar-refractivity contribution is 0.626. The fourth-order valence-electron chi connectivity index (χ4n) is 2.67. The summed E-state index contributed by atoms with van der Waals surface area (Å²) in [6.07, 6.45) is 19.5. The lowest BCUT2D eigenvalue weighted by atomic mass is 9.92.